The molecule has 0 amide bonds. The lowest BCUT2D eigenvalue weighted by Gasteiger charge is -2.38. The summed E-state index contributed by atoms with van der Waals surface area (Å²) >= 11 is 6.47. The molecular weight excluding hydrogens is 480 g/mol. The van der Waals surface area contributed by atoms with Crippen LogP contribution in [0, 0.1) is 5.92 Å². The Kier molecular flexibility index (Phi) is 6.70. The molecule has 36 heavy (non-hydrogen) atoms. The van der Waals surface area contributed by atoms with Crippen LogP contribution < -0.4 is 19.5 Å². The highest BCUT2D eigenvalue weighted by molar-refractivity contribution is 6.36. The smallest absolute Gasteiger partial charge is 0.236 e. The number of hydrogen-bond acceptors (Lipinski definition) is 7. The van der Waals surface area contributed by atoms with Gasteiger partial charge in [-0.25, -0.2) is 0 Å². The van der Waals surface area contributed by atoms with Gasteiger partial charge in [0.2, 0.25) is 17.2 Å². The Labute approximate surface area is 216 Å². The van der Waals surface area contributed by atoms with E-state index in [9.17, 15) is 9.59 Å². The maximum Gasteiger partial charge on any atom is 0.236 e. The van der Waals surface area contributed by atoms with Gasteiger partial charge in [-0.1, -0.05) is 48.9 Å². The lowest BCUT2D eigenvalue weighted by molar-refractivity contribution is -0.129. The summed E-state index contributed by atoms with van der Waals surface area (Å²) in [6, 6.07) is 12.3. The highest BCUT2D eigenvalue weighted by atomic mass is 35.5. The number of ether oxygens (including phenoxy) is 3. The number of benzene rings is 2. The number of hydrogen-bond donors (Lipinski definition) is 1. The third-order valence-electron chi connectivity index (χ3n) is 7.54. The van der Waals surface area contributed by atoms with Crippen LogP contribution in [0.4, 0.5) is 0 Å². The quantitative estimate of drug-likeness (QED) is 0.576. The Morgan fingerprint density at radius 1 is 1.11 bits per heavy atom. The molecule has 190 valence electrons. The van der Waals surface area contributed by atoms with E-state index in [1.54, 1.807) is 6.07 Å². The Morgan fingerprint density at radius 2 is 1.81 bits per heavy atom. The van der Waals surface area contributed by atoms with Gasteiger partial charge in [0, 0.05) is 49.4 Å². The van der Waals surface area contributed by atoms with Crippen LogP contribution in [0.5, 0.6) is 17.2 Å². The number of methoxy groups -OCH3 is 2. The second-order valence-electron chi connectivity index (χ2n) is 9.79. The first-order valence-electron chi connectivity index (χ1n) is 12.3. The number of halogens is 1. The summed E-state index contributed by atoms with van der Waals surface area (Å²) in [7, 11) is 2.93. The standard InChI is InChI=1S/C28H31ClN2O5/c1-17-13-20(30-19-9-11-31(12-10-19)16-18-7-5-4-6-8-18)14-23(32)28(17)27(33)24-21(34-2)15-22(35-3)25(29)26(24)36-28/h4-8,14-15,17,19,30H,9-13,16H2,1-3H3/t17-,28+/m1/s1. The molecule has 1 spiro atoms. The van der Waals surface area contributed by atoms with Crippen molar-refractivity contribution >= 4 is 23.2 Å². The summed E-state index contributed by atoms with van der Waals surface area (Å²) in [5, 5.41) is 3.73. The number of allylic oxidation sites excluding steroid dienone is 1. The fourth-order valence-electron chi connectivity index (χ4n) is 5.57. The van der Waals surface area contributed by atoms with Crippen molar-refractivity contribution in [3.05, 3.63) is 64.3 Å². The maximum absolute atomic E-state index is 13.6. The summed E-state index contributed by atoms with van der Waals surface area (Å²) in [4.78, 5) is 29.6. The van der Waals surface area contributed by atoms with Crippen LogP contribution >= 0.6 is 11.6 Å². The SMILES string of the molecule is COc1cc(OC)c2c(c1Cl)O[C@@]1(C(=O)C=C(NC3CCN(Cc4ccccc4)CC3)C[C@H]1C)C2=O. The summed E-state index contributed by atoms with van der Waals surface area (Å²) in [5.41, 5.74) is 0.720. The van der Waals surface area contributed by atoms with Crippen LogP contribution in [0.1, 0.15) is 42.1 Å². The highest BCUT2D eigenvalue weighted by Crippen LogP contribution is 2.52. The molecule has 2 atom stereocenters. The largest absolute Gasteiger partial charge is 0.496 e. The fraction of sp³-hybridized carbons (Fsp3) is 0.429. The zero-order chi connectivity index (χ0) is 25.4. The minimum atomic E-state index is -1.64. The number of nitrogens with one attached hydrogen (secondary N) is 1. The molecule has 0 radical (unpaired) electrons. The molecule has 5 rings (SSSR count). The van der Waals surface area contributed by atoms with Crippen LogP contribution in [-0.4, -0.2) is 55.4 Å². The summed E-state index contributed by atoms with van der Waals surface area (Å²) in [6.07, 6.45) is 4.04. The van der Waals surface area contributed by atoms with E-state index in [1.807, 2.05) is 13.0 Å². The summed E-state index contributed by atoms with van der Waals surface area (Å²) < 4.78 is 16.8. The van der Waals surface area contributed by atoms with Crippen LogP contribution in [0.2, 0.25) is 5.02 Å². The zero-order valence-electron chi connectivity index (χ0n) is 20.8. The molecule has 7 nitrogen and oxygen atoms in total. The van der Waals surface area contributed by atoms with Gasteiger partial charge in [0.25, 0.3) is 0 Å². The van der Waals surface area contributed by atoms with E-state index in [-0.39, 0.29) is 39.8 Å². The lowest BCUT2D eigenvalue weighted by Crippen LogP contribution is -2.56. The molecule has 0 bridgehead atoms. The molecule has 8 heteroatoms. The number of rotatable bonds is 6. The Morgan fingerprint density at radius 3 is 2.44 bits per heavy atom. The van der Waals surface area contributed by atoms with Gasteiger partial charge in [-0.3, -0.25) is 14.5 Å². The van der Waals surface area contributed by atoms with Gasteiger partial charge in [0.15, 0.2) is 5.75 Å². The third-order valence-corrected chi connectivity index (χ3v) is 7.89. The second kappa shape index (κ2) is 9.79. The van der Waals surface area contributed by atoms with Crippen molar-refractivity contribution in [1.82, 2.24) is 10.2 Å². The number of Topliss-reactive ketones (excluding diaryl/α,β-unsaturated/α-hetero) is 1. The molecule has 1 N–H and O–H groups in total. The van der Waals surface area contributed by atoms with E-state index >= 15 is 0 Å². The normalized spacial score (nSPS) is 24.3. The van der Waals surface area contributed by atoms with Crippen molar-refractivity contribution in [3.8, 4) is 17.2 Å². The van der Waals surface area contributed by atoms with Crippen LogP contribution in [0.15, 0.2) is 48.2 Å². The van der Waals surface area contributed by atoms with E-state index in [4.69, 9.17) is 25.8 Å². The number of nitrogens with zero attached hydrogens (tertiary/aromatic N) is 1. The zero-order valence-corrected chi connectivity index (χ0v) is 21.6. The first-order valence-corrected chi connectivity index (χ1v) is 12.7. The van der Waals surface area contributed by atoms with Crippen molar-refractivity contribution in [2.45, 2.75) is 44.4 Å². The predicted octanol–water partition coefficient (Wildman–Crippen LogP) is 4.42. The lowest BCUT2D eigenvalue weighted by atomic mass is 9.74. The van der Waals surface area contributed by atoms with Crippen molar-refractivity contribution in [3.63, 3.8) is 0 Å². The van der Waals surface area contributed by atoms with Gasteiger partial charge in [0.05, 0.1) is 14.2 Å². The number of carbonyl (C=O) groups is 2. The van der Waals surface area contributed by atoms with Gasteiger partial charge >= 0.3 is 0 Å². The Hall–Kier alpha value is -3.03. The molecular formula is C28H31ClN2O5. The second-order valence-corrected chi connectivity index (χ2v) is 10.2. The van der Waals surface area contributed by atoms with Crippen molar-refractivity contribution in [2.75, 3.05) is 27.3 Å². The topological polar surface area (TPSA) is 77.1 Å². The molecule has 2 aromatic rings. The molecule has 3 aliphatic rings. The summed E-state index contributed by atoms with van der Waals surface area (Å²) in [6.45, 7) is 4.80. The van der Waals surface area contributed by atoms with Gasteiger partial charge in [0.1, 0.15) is 22.1 Å². The minimum absolute atomic E-state index is 0.147. The minimum Gasteiger partial charge on any atom is -0.496 e. The van der Waals surface area contributed by atoms with E-state index in [1.165, 1.54) is 25.9 Å². The van der Waals surface area contributed by atoms with Crippen molar-refractivity contribution in [2.24, 2.45) is 5.92 Å². The Balaban J connectivity index is 1.29. The monoisotopic (exact) mass is 510 g/mol. The van der Waals surface area contributed by atoms with Gasteiger partial charge in [-0.15, -0.1) is 0 Å². The van der Waals surface area contributed by atoms with E-state index in [0.717, 1.165) is 38.2 Å². The van der Waals surface area contributed by atoms with Gasteiger partial charge in [-0.2, -0.15) is 0 Å². The van der Waals surface area contributed by atoms with Crippen LogP contribution in [-0.2, 0) is 11.3 Å². The molecule has 2 aromatic carbocycles. The summed E-state index contributed by atoms with van der Waals surface area (Å²) in [5.74, 6) is -0.423. The van der Waals surface area contributed by atoms with Crippen LogP contribution in [0.3, 0.4) is 0 Å². The third kappa shape index (κ3) is 4.14. The average Bonchev–Trinajstić information content (AvgIpc) is 3.20. The molecule has 1 saturated heterocycles. The maximum atomic E-state index is 13.6. The number of piperidine rings is 1. The molecule has 0 unspecified atom stereocenters. The molecule has 0 aromatic heterocycles. The van der Waals surface area contributed by atoms with E-state index in [0.29, 0.717) is 12.2 Å². The molecule has 1 aliphatic carbocycles. The fourth-order valence-corrected chi connectivity index (χ4v) is 5.83. The number of fused-ring (bicyclic) bond motifs is 1. The van der Waals surface area contributed by atoms with Crippen LogP contribution in [0.25, 0.3) is 0 Å². The number of likely N-dealkylation sites (tertiary alicyclic amines) is 1. The predicted molar refractivity (Wildman–Crippen MR) is 137 cm³/mol. The van der Waals surface area contributed by atoms with Crippen molar-refractivity contribution in [1.29, 1.82) is 0 Å². The number of carbonyl (C=O) groups excluding carboxylic acids is 2. The van der Waals surface area contributed by atoms with E-state index < -0.39 is 11.4 Å². The van der Waals surface area contributed by atoms with Gasteiger partial charge in [-0.05, 0) is 24.8 Å². The average molecular weight is 511 g/mol. The van der Waals surface area contributed by atoms with Gasteiger partial charge < -0.3 is 19.5 Å². The van der Waals surface area contributed by atoms with Crippen molar-refractivity contribution < 1.29 is 23.8 Å². The molecule has 0 saturated carbocycles. The number of ketones is 2. The van der Waals surface area contributed by atoms with E-state index in [2.05, 4.69) is 34.5 Å². The Bertz CT molecular complexity index is 1210. The molecule has 2 aliphatic heterocycles. The highest BCUT2D eigenvalue weighted by Gasteiger charge is 2.60. The molecule has 2 heterocycles. The first kappa shape index (κ1) is 24.7. The molecule has 1 fully saturated rings. The first-order chi connectivity index (χ1) is 17.4.